The maximum absolute atomic E-state index is 12.5. The van der Waals surface area contributed by atoms with Crippen LogP contribution < -0.4 is 10.6 Å². The molecule has 3 rings (SSSR count). The fraction of sp³-hybridized carbons (Fsp3) is 0.100. The largest absolute Gasteiger partial charge is 0.465 e. The van der Waals surface area contributed by atoms with Crippen LogP contribution in [0.15, 0.2) is 60.9 Å². The highest BCUT2D eigenvalue weighted by Gasteiger charge is 2.11. The van der Waals surface area contributed by atoms with Crippen LogP contribution in [0.4, 0.5) is 17.2 Å². The van der Waals surface area contributed by atoms with Crippen molar-refractivity contribution in [1.82, 2.24) is 9.97 Å². The molecule has 2 N–H and O–H groups in total. The molecule has 1 heterocycles. The first kappa shape index (κ1) is 18.1. The zero-order valence-electron chi connectivity index (χ0n) is 14.9. The number of aryl methyl sites for hydroxylation is 1. The number of ether oxygens (including phenoxy) is 1. The van der Waals surface area contributed by atoms with Crippen LogP contribution in [0.25, 0.3) is 0 Å². The number of amides is 1. The minimum Gasteiger partial charge on any atom is -0.465 e. The Kier molecular flexibility index (Phi) is 5.41. The van der Waals surface area contributed by atoms with Gasteiger partial charge in [0.1, 0.15) is 17.8 Å². The predicted octanol–water partition coefficient (Wildman–Crippen LogP) is 3.57. The minimum atomic E-state index is -0.431. The highest BCUT2D eigenvalue weighted by atomic mass is 16.5. The zero-order chi connectivity index (χ0) is 19.2. The molecule has 0 atom stereocenters. The Bertz CT molecular complexity index is 988. The number of methoxy groups -OCH3 is 1. The van der Waals surface area contributed by atoms with Gasteiger partial charge in [0.05, 0.1) is 12.7 Å². The highest BCUT2D eigenvalue weighted by Crippen LogP contribution is 2.18. The number of para-hydroxylation sites is 1. The second kappa shape index (κ2) is 8.09. The summed E-state index contributed by atoms with van der Waals surface area (Å²) in [5.41, 5.74) is 2.95. The number of benzene rings is 2. The van der Waals surface area contributed by atoms with Gasteiger partial charge in [-0.05, 0) is 36.8 Å². The lowest BCUT2D eigenvalue weighted by Crippen LogP contribution is -2.15. The van der Waals surface area contributed by atoms with E-state index in [9.17, 15) is 9.59 Å². The number of nitrogens with one attached hydrogen (secondary N) is 2. The number of carbonyl (C=O) groups is 2. The van der Waals surface area contributed by atoms with Gasteiger partial charge in [0, 0.05) is 17.4 Å². The molecule has 0 aliphatic heterocycles. The summed E-state index contributed by atoms with van der Waals surface area (Å²) < 4.78 is 4.71. The summed E-state index contributed by atoms with van der Waals surface area (Å²) in [6.07, 6.45) is 1.30. The van der Waals surface area contributed by atoms with E-state index < -0.39 is 5.97 Å². The molecule has 0 bridgehead atoms. The second-order valence-corrected chi connectivity index (χ2v) is 5.75. The minimum absolute atomic E-state index is 0.222. The van der Waals surface area contributed by atoms with Crippen molar-refractivity contribution in [3.8, 4) is 0 Å². The van der Waals surface area contributed by atoms with E-state index in [-0.39, 0.29) is 11.6 Å². The molecule has 0 saturated carbocycles. The second-order valence-electron chi connectivity index (χ2n) is 5.75. The van der Waals surface area contributed by atoms with E-state index in [1.807, 2.05) is 31.2 Å². The van der Waals surface area contributed by atoms with Crippen LogP contribution in [0, 0.1) is 6.92 Å². The first-order chi connectivity index (χ1) is 13.1. The molecule has 7 heteroatoms. The Morgan fingerprint density at radius 1 is 1.00 bits per heavy atom. The van der Waals surface area contributed by atoms with Gasteiger partial charge in [0.15, 0.2) is 0 Å². The number of nitrogens with zero attached hydrogens (tertiary/aromatic N) is 2. The Hall–Kier alpha value is -3.74. The van der Waals surface area contributed by atoms with Crippen molar-refractivity contribution in [2.75, 3.05) is 17.7 Å². The Labute approximate surface area is 156 Å². The lowest BCUT2D eigenvalue weighted by Gasteiger charge is -2.09. The van der Waals surface area contributed by atoms with Crippen LogP contribution in [0.2, 0.25) is 0 Å². The van der Waals surface area contributed by atoms with Gasteiger partial charge in [0.2, 0.25) is 0 Å². The van der Waals surface area contributed by atoms with Gasteiger partial charge in [-0.25, -0.2) is 14.8 Å². The third-order valence-corrected chi connectivity index (χ3v) is 3.85. The molecule has 136 valence electrons. The Morgan fingerprint density at radius 2 is 1.81 bits per heavy atom. The molecule has 0 aliphatic rings. The molecule has 27 heavy (non-hydrogen) atoms. The van der Waals surface area contributed by atoms with Gasteiger partial charge in [-0.1, -0.05) is 24.3 Å². The molecule has 0 unspecified atom stereocenters. The number of carbonyl (C=O) groups excluding carboxylic acids is 2. The molecule has 0 saturated heterocycles. The molecular weight excluding hydrogens is 344 g/mol. The number of rotatable bonds is 5. The van der Waals surface area contributed by atoms with Crippen molar-refractivity contribution >= 4 is 29.1 Å². The summed E-state index contributed by atoms with van der Waals surface area (Å²) in [4.78, 5) is 32.2. The van der Waals surface area contributed by atoms with E-state index in [0.29, 0.717) is 17.1 Å². The van der Waals surface area contributed by atoms with Crippen LogP contribution in [0.5, 0.6) is 0 Å². The summed E-state index contributed by atoms with van der Waals surface area (Å²) in [5, 5.41) is 5.89. The third kappa shape index (κ3) is 4.46. The van der Waals surface area contributed by atoms with Gasteiger partial charge < -0.3 is 15.4 Å². The highest BCUT2D eigenvalue weighted by molar-refractivity contribution is 6.03. The van der Waals surface area contributed by atoms with Crippen LogP contribution >= 0.6 is 0 Å². The van der Waals surface area contributed by atoms with Crippen molar-refractivity contribution in [3.05, 3.63) is 77.7 Å². The molecule has 0 aliphatic carbocycles. The van der Waals surface area contributed by atoms with E-state index in [2.05, 4.69) is 20.6 Å². The number of hydrogen-bond acceptors (Lipinski definition) is 6. The first-order valence-corrected chi connectivity index (χ1v) is 8.21. The fourth-order valence-corrected chi connectivity index (χ4v) is 2.44. The molecule has 0 spiro atoms. The molecule has 7 nitrogen and oxygen atoms in total. The fourth-order valence-electron chi connectivity index (χ4n) is 2.44. The van der Waals surface area contributed by atoms with Gasteiger partial charge >= 0.3 is 5.97 Å². The molecular formula is C20H18N4O3. The molecule has 2 aromatic carbocycles. The van der Waals surface area contributed by atoms with Gasteiger partial charge in [-0.2, -0.15) is 0 Å². The van der Waals surface area contributed by atoms with Gasteiger partial charge in [0.25, 0.3) is 5.91 Å². The van der Waals surface area contributed by atoms with Crippen molar-refractivity contribution in [2.24, 2.45) is 0 Å². The van der Waals surface area contributed by atoms with E-state index in [4.69, 9.17) is 4.74 Å². The van der Waals surface area contributed by atoms with Crippen LogP contribution in [-0.4, -0.2) is 29.0 Å². The topological polar surface area (TPSA) is 93.2 Å². The average Bonchev–Trinajstić information content (AvgIpc) is 2.69. The number of hydrogen-bond donors (Lipinski definition) is 2. The van der Waals surface area contributed by atoms with Crippen LogP contribution in [-0.2, 0) is 4.74 Å². The van der Waals surface area contributed by atoms with Crippen LogP contribution in [0.3, 0.4) is 0 Å². The maximum Gasteiger partial charge on any atom is 0.337 e. The molecule has 0 radical (unpaired) electrons. The zero-order valence-corrected chi connectivity index (χ0v) is 14.9. The van der Waals surface area contributed by atoms with Crippen molar-refractivity contribution in [2.45, 2.75) is 6.92 Å². The summed E-state index contributed by atoms with van der Waals surface area (Å²) in [5.74, 6) is -0.334. The number of esters is 1. The molecule has 1 aromatic heterocycles. The summed E-state index contributed by atoms with van der Waals surface area (Å²) in [6, 6.07) is 15.8. The third-order valence-electron chi connectivity index (χ3n) is 3.85. The number of anilines is 3. The van der Waals surface area contributed by atoms with E-state index in [0.717, 1.165) is 11.3 Å². The average molecular weight is 362 g/mol. The SMILES string of the molecule is COC(=O)c1cccc(Nc2cc(C(=O)Nc3ccccc3C)ncn2)c1. The lowest BCUT2D eigenvalue weighted by atomic mass is 10.2. The summed E-state index contributed by atoms with van der Waals surface area (Å²) in [7, 11) is 1.33. The first-order valence-electron chi connectivity index (χ1n) is 8.21. The van der Waals surface area contributed by atoms with Gasteiger partial charge in [-0.15, -0.1) is 0 Å². The van der Waals surface area contributed by atoms with Gasteiger partial charge in [-0.3, -0.25) is 4.79 Å². The normalized spacial score (nSPS) is 10.1. The Balaban J connectivity index is 1.77. The lowest BCUT2D eigenvalue weighted by molar-refractivity contribution is 0.0600. The standard InChI is InChI=1S/C20H18N4O3/c1-13-6-3-4-9-16(13)24-19(25)17-11-18(22-12-21-17)23-15-8-5-7-14(10-15)20(26)27-2/h3-12H,1-2H3,(H,24,25)(H,21,22,23). The van der Waals surface area contributed by atoms with E-state index >= 15 is 0 Å². The van der Waals surface area contributed by atoms with Crippen molar-refractivity contribution in [1.29, 1.82) is 0 Å². The summed E-state index contributed by atoms with van der Waals surface area (Å²) in [6.45, 7) is 1.91. The molecule has 0 fully saturated rings. The summed E-state index contributed by atoms with van der Waals surface area (Å²) >= 11 is 0. The van der Waals surface area contributed by atoms with E-state index in [1.54, 1.807) is 30.3 Å². The smallest absolute Gasteiger partial charge is 0.337 e. The van der Waals surface area contributed by atoms with Crippen molar-refractivity contribution < 1.29 is 14.3 Å². The molecule has 1 amide bonds. The van der Waals surface area contributed by atoms with E-state index in [1.165, 1.54) is 13.4 Å². The Morgan fingerprint density at radius 3 is 2.59 bits per heavy atom. The van der Waals surface area contributed by atoms with Crippen LogP contribution in [0.1, 0.15) is 26.4 Å². The maximum atomic E-state index is 12.5. The monoisotopic (exact) mass is 362 g/mol. The number of aromatic nitrogens is 2. The predicted molar refractivity (Wildman–Crippen MR) is 102 cm³/mol. The quantitative estimate of drug-likeness (QED) is 0.674. The van der Waals surface area contributed by atoms with Crippen molar-refractivity contribution in [3.63, 3.8) is 0 Å². The molecule has 3 aromatic rings.